The number of nitrogens with zero attached hydrogens (tertiary/aromatic N) is 2. The molecule has 0 aliphatic heterocycles. The molecule has 0 spiro atoms. The van der Waals surface area contributed by atoms with Crippen LogP contribution in [0.3, 0.4) is 0 Å². The van der Waals surface area contributed by atoms with Gasteiger partial charge >= 0.3 is 0 Å². The van der Waals surface area contributed by atoms with Crippen LogP contribution in [0.15, 0.2) is 35.1 Å². The van der Waals surface area contributed by atoms with E-state index in [1.54, 1.807) is 29.0 Å². The van der Waals surface area contributed by atoms with Gasteiger partial charge in [0.25, 0.3) is 0 Å². The van der Waals surface area contributed by atoms with Gasteiger partial charge in [-0.05, 0) is 19.1 Å². The summed E-state index contributed by atoms with van der Waals surface area (Å²) in [6.45, 7) is 2.40. The van der Waals surface area contributed by atoms with Crippen molar-refractivity contribution in [2.75, 3.05) is 6.61 Å². The number of rotatable bonds is 5. The van der Waals surface area contributed by atoms with Crippen LogP contribution in [0.1, 0.15) is 17.4 Å². The molecule has 2 rings (SSSR count). The highest BCUT2D eigenvalue weighted by Gasteiger charge is 2.12. The van der Waals surface area contributed by atoms with Crippen LogP contribution in [0.5, 0.6) is 0 Å². The van der Waals surface area contributed by atoms with E-state index in [0.29, 0.717) is 23.1 Å². The number of thiazole rings is 1. The van der Waals surface area contributed by atoms with Gasteiger partial charge in [-0.3, -0.25) is 4.98 Å². The topological polar surface area (TPSA) is 34.5 Å². The van der Waals surface area contributed by atoms with Gasteiger partial charge in [-0.2, -0.15) is 0 Å². The van der Waals surface area contributed by atoms with Crippen molar-refractivity contribution in [3.05, 3.63) is 50.4 Å². The smallest absolute Gasteiger partial charge is 0.114 e. The second-order valence-electron chi connectivity index (χ2n) is 3.72. The fraction of sp³-hybridized carbons (Fsp3) is 0.231. The molecule has 2 aromatic rings. The lowest BCUT2D eigenvalue weighted by Gasteiger charge is -2.07. The van der Waals surface area contributed by atoms with Crippen LogP contribution in [-0.4, -0.2) is 17.3 Å². The normalized spacial score (nSPS) is 11.6. The molecule has 3 nitrogen and oxygen atoms in total. The van der Waals surface area contributed by atoms with Crippen LogP contribution in [-0.2, 0) is 11.3 Å². The van der Waals surface area contributed by atoms with E-state index in [0.717, 1.165) is 16.2 Å². The van der Waals surface area contributed by atoms with Gasteiger partial charge in [0, 0.05) is 28.1 Å². The van der Waals surface area contributed by atoms with Crippen molar-refractivity contribution < 1.29 is 4.84 Å². The van der Waals surface area contributed by atoms with Gasteiger partial charge in [-0.1, -0.05) is 34.4 Å². The molecule has 6 heteroatoms. The third kappa shape index (κ3) is 3.93. The molecule has 0 N–H and O–H groups in total. The number of hydrogen-bond donors (Lipinski definition) is 0. The van der Waals surface area contributed by atoms with Crippen LogP contribution < -0.4 is 0 Å². The van der Waals surface area contributed by atoms with E-state index >= 15 is 0 Å². The Hall–Kier alpha value is -1.10. The van der Waals surface area contributed by atoms with E-state index in [-0.39, 0.29) is 0 Å². The molecule has 0 amide bonds. The summed E-state index contributed by atoms with van der Waals surface area (Å²) in [6, 6.07) is 5.34. The molecule has 100 valence electrons. The van der Waals surface area contributed by atoms with Crippen molar-refractivity contribution in [1.82, 2.24) is 4.98 Å². The molecule has 0 radical (unpaired) electrons. The Labute approximate surface area is 125 Å². The van der Waals surface area contributed by atoms with Crippen LogP contribution in [0.2, 0.25) is 10.0 Å². The number of halogens is 2. The summed E-state index contributed by atoms with van der Waals surface area (Å²) in [4.78, 5) is 10.3. The van der Waals surface area contributed by atoms with Crippen molar-refractivity contribution in [1.29, 1.82) is 0 Å². The molecule has 1 heterocycles. The van der Waals surface area contributed by atoms with Gasteiger partial charge in [0.2, 0.25) is 0 Å². The van der Waals surface area contributed by atoms with Crippen LogP contribution in [0.25, 0.3) is 0 Å². The number of aromatic nitrogens is 1. The molecule has 0 saturated heterocycles. The van der Waals surface area contributed by atoms with Gasteiger partial charge in [-0.15, -0.1) is 11.3 Å². The van der Waals surface area contributed by atoms with Crippen LogP contribution in [0.4, 0.5) is 0 Å². The van der Waals surface area contributed by atoms with E-state index in [4.69, 9.17) is 28.0 Å². The highest BCUT2D eigenvalue weighted by molar-refractivity contribution is 7.09. The molecule has 0 saturated carbocycles. The van der Waals surface area contributed by atoms with Crippen molar-refractivity contribution in [3.8, 4) is 0 Å². The summed E-state index contributed by atoms with van der Waals surface area (Å²) >= 11 is 13.7. The SMILES string of the molecule is CCO/N=C(\Cc1cncs1)c1ccc(Cl)cc1Cl. The maximum Gasteiger partial charge on any atom is 0.114 e. The minimum absolute atomic E-state index is 0.511. The quantitative estimate of drug-likeness (QED) is 0.604. The number of benzene rings is 1. The first-order chi connectivity index (χ1) is 9.20. The second kappa shape index (κ2) is 6.89. The van der Waals surface area contributed by atoms with Crippen LogP contribution in [0, 0.1) is 0 Å². The minimum atomic E-state index is 0.511. The number of hydrogen-bond acceptors (Lipinski definition) is 4. The molecular weight excluding hydrogens is 303 g/mol. The summed E-state index contributed by atoms with van der Waals surface area (Å²) in [7, 11) is 0. The zero-order valence-electron chi connectivity index (χ0n) is 10.3. The molecule has 0 aliphatic rings. The molecule has 0 bridgehead atoms. The number of oxime groups is 1. The summed E-state index contributed by atoms with van der Waals surface area (Å²) in [5.74, 6) is 0. The Morgan fingerprint density at radius 3 is 2.89 bits per heavy atom. The Morgan fingerprint density at radius 2 is 2.26 bits per heavy atom. The Bertz CT molecular complexity index is 570. The lowest BCUT2D eigenvalue weighted by atomic mass is 10.1. The van der Waals surface area contributed by atoms with E-state index in [1.807, 2.05) is 19.2 Å². The van der Waals surface area contributed by atoms with Crippen molar-refractivity contribution in [3.63, 3.8) is 0 Å². The molecule has 0 fully saturated rings. The standard InChI is InChI=1S/C13H12Cl2N2OS/c1-2-18-17-13(6-10-7-16-8-19-10)11-4-3-9(14)5-12(11)15/h3-5,7-8H,2,6H2,1H3/b17-13+. The third-order valence-corrected chi connectivity index (χ3v) is 3.70. The minimum Gasteiger partial charge on any atom is -0.396 e. The van der Waals surface area contributed by atoms with Crippen molar-refractivity contribution in [2.45, 2.75) is 13.3 Å². The predicted octanol–water partition coefficient (Wildman–Crippen LogP) is 4.43. The Kier molecular flexibility index (Phi) is 5.19. The van der Waals surface area contributed by atoms with Gasteiger partial charge in [-0.25, -0.2) is 0 Å². The molecule has 0 unspecified atom stereocenters. The van der Waals surface area contributed by atoms with Crippen molar-refractivity contribution >= 4 is 40.3 Å². The molecular formula is C13H12Cl2N2OS. The zero-order valence-corrected chi connectivity index (χ0v) is 12.6. The van der Waals surface area contributed by atoms with Crippen LogP contribution >= 0.6 is 34.5 Å². The molecule has 1 aromatic heterocycles. The summed E-state index contributed by atoms with van der Waals surface area (Å²) in [5, 5.41) is 5.31. The summed E-state index contributed by atoms with van der Waals surface area (Å²) in [5.41, 5.74) is 3.39. The Morgan fingerprint density at radius 1 is 1.42 bits per heavy atom. The second-order valence-corrected chi connectivity index (χ2v) is 5.54. The average Bonchev–Trinajstić information content (AvgIpc) is 2.88. The molecule has 0 aliphatic carbocycles. The maximum absolute atomic E-state index is 6.21. The van der Waals surface area contributed by atoms with Gasteiger partial charge < -0.3 is 4.84 Å². The lowest BCUT2D eigenvalue weighted by Crippen LogP contribution is -2.06. The first-order valence-corrected chi connectivity index (χ1v) is 7.36. The van der Waals surface area contributed by atoms with Gasteiger partial charge in [0.15, 0.2) is 0 Å². The lowest BCUT2D eigenvalue weighted by molar-refractivity contribution is 0.158. The molecule has 1 aromatic carbocycles. The monoisotopic (exact) mass is 314 g/mol. The van der Waals surface area contributed by atoms with Gasteiger partial charge in [0.1, 0.15) is 6.61 Å². The van der Waals surface area contributed by atoms with E-state index in [9.17, 15) is 0 Å². The van der Waals surface area contributed by atoms with E-state index < -0.39 is 0 Å². The fourth-order valence-corrected chi connectivity index (χ4v) is 2.65. The van der Waals surface area contributed by atoms with Crippen molar-refractivity contribution in [2.24, 2.45) is 5.16 Å². The van der Waals surface area contributed by atoms with E-state index in [1.165, 1.54) is 0 Å². The summed E-state index contributed by atoms with van der Waals surface area (Å²) in [6.07, 6.45) is 2.45. The molecule has 0 atom stereocenters. The highest BCUT2D eigenvalue weighted by Crippen LogP contribution is 2.23. The summed E-state index contributed by atoms with van der Waals surface area (Å²) < 4.78 is 0. The fourth-order valence-electron chi connectivity index (χ4n) is 1.54. The van der Waals surface area contributed by atoms with E-state index in [2.05, 4.69) is 10.1 Å². The first-order valence-electron chi connectivity index (χ1n) is 5.72. The Balaban J connectivity index is 2.31. The highest BCUT2D eigenvalue weighted by atomic mass is 35.5. The maximum atomic E-state index is 6.21. The molecule has 19 heavy (non-hydrogen) atoms. The largest absolute Gasteiger partial charge is 0.396 e. The zero-order chi connectivity index (χ0) is 13.7. The average molecular weight is 315 g/mol. The third-order valence-electron chi connectivity index (χ3n) is 2.37. The predicted molar refractivity (Wildman–Crippen MR) is 80.4 cm³/mol. The van der Waals surface area contributed by atoms with Gasteiger partial charge in [0.05, 0.1) is 16.2 Å². The first kappa shape index (κ1) is 14.3.